The molecule has 2 saturated heterocycles. The molecule has 0 aromatic carbocycles. The van der Waals surface area contributed by atoms with Gasteiger partial charge in [0.1, 0.15) is 5.82 Å². The number of hydrogen-bond donors (Lipinski definition) is 1. The van der Waals surface area contributed by atoms with Crippen molar-refractivity contribution in [2.75, 3.05) is 31.1 Å². The monoisotopic (exact) mass is 302 g/mol. The van der Waals surface area contributed by atoms with Gasteiger partial charge in [-0.1, -0.05) is 6.07 Å². The lowest BCUT2D eigenvalue weighted by Gasteiger charge is -2.34. The maximum absolute atomic E-state index is 12.1. The van der Waals surface area contributed by atoms with Gasteiger partial charge in [0.25, 0.3) is 0 Å². The van der Waals surface area contributed by atoms with Crippen molar-refractivity contribution in [1.82, 2.24) is 15.2 Å². The van der Waals surface area contributed by atoms with E-state index in [2.05, 4.69) is 15.2 Å². The predicted octanol–water partition coefficient (Wildman–Crippen LogP) is 0.789. The largest absolute Gasteiger partial charge is 0.355 e. The van der Waals surface area contributed by atoms with E-state index in [4.69, 9.17) is 0 Å². The van der Waals surface area contributed by atoms with Gasteiger partial charge >= 0.3 is 0 Å². The quantitative estimate of drug-likeness (QED) is 0.893. The molecule has 2 aliphatic heterocycles. The van der Waals surface area contributed by atoms with E-state index < -0.39 is 0 Å². The van der Waals surface area contributed by atoms with Crippen LogP contribution < -0.4 is 10.2 Å². The van der Waals surface area contributed by atoms with Crippen molar-refractivity contribution >= 4 is 17.6 Å². The molecule has 3 rings (SSSR count). The van der Waals surface area contributed by atoms with Crippen molar-refractivity contribution in [3.63, 3.8) is 0 Å². The highest BCUT2D eigenvalue weighted by Gasteiger charge is 2.25. The molecule has 0 aliphatic carbocycles. The lowest BCUT2D eigenvalue weighted by molar-refractivity contribution is -0.133. The second kappa shape index (κ2) is 6.77. The fourth-order valence-electron chi connectivity index (χ4n) is 3.16. The third-order valence-electron chi connectivity index (χ3n) is 4.27. The Morgan fingerprint density at radius 3 is 2.95 bits per heavy atom. The minimum Gasteiger partial charge on any atom is -0.355 e. The number of hydrogen-bond acceptors (Lipinski definition) is 4. The topological polar surface area (TPSA) is 65.5 Å². The van der Waals surface area contributed by atoms with Gasteiger partial charge in [-0.3, -0.25) is 9.59 Å². The number of likely N-dealkylation sites (tertiary alicyclic amines) is 1. The van der Waals surface area contributed by atoms with E-state index in [0.717, 1.165) is 38.2 Å². The fraction of sp³-hybridized carbons (Fsp3) is 0.562. The zero-order valence-corrected chi connectivity index (χ0v) is 12.7. The Hall–Kier alpha value is -2.11. The summed E-state index contributed by atoms with van der Waals surface area (Å²) in [6.45, 7) is 2.64. The molecule has 3 heterocycles. The number of piperidine rings is 1. The van der Waals surface area contributed by atoms with Gasteiger partial charge in [-0.2, -0.15) is 0 Å². The first-order chi connectivity index (χ1) is 10.7. The van der Waals surface area contributed by atoms with Gasteiger partial charge in [-0.25, -0.2) is 4.98 Å². The average molecular weight is 302 g/mol. The van der Waals surface area contributed by atoms with E-state index in [0.29, 0.717) is 13.0 Å². The van der Waals surface area contributed by atoms with Crippen LogP contribution in [-0.2, 0) is 9.59 Å². The summed E-state index contributed by atoms with van der Waals surface area (Å²) in [6, 6.07) is 6.00. The molecule has 0 bridgehead atoms. The Morgan fingerprint density at radius 2 is 2.23 bits per heavy atom. The van der Waals surface area contributed by atoms with E-state index >= 15 is 0 Å². The van der Waals surface area contributed by atoms with Gasteiger partial charge < -0.3 is 15.1 Å². The molecule has 1 N–H and O–H groups in total. The molecule has 2 amide bonds. The molecule has 6 heteroatoms. The molecule has 1 unspecified atom stereocenters. The van der Waals surface area contributed by atoms with Crippen molar-refractivity contribution in [2.45, 2.75) is 31.7 Å². The normalized spacial score (nSPS) is 22.0. The van der Waals surface area contributed by atoms with Crippen LogP contribution in [0.2, 0.25) is 0 Å². The Labute approximate surface area is 130 Å². The van der Waals surface area contributed by atoms with E-state index in [9.17, 15) is 9.59 Å². The van der Waals surface area contributed by atoms with Crippen molar-refractivity contribution in [1.29, 1.82) is 0 Å². The molecule has 1 aromatic heterocycles. The lowest BCUT2D eigenvalue weighted by Crippen LogP contribution is -2.50. The zero-order valence-electron chi connectivity index (χ0n) is 12.7. The highest BCUT2D eigenvalue weighted by atomic mass is 16.2. The van der Waals surface area contributed by atoms with Crippen LogP contribution in [0.5, 0.6) is 0 Å². The maximum Gasteiger partial charge on any atom is 0.239 e. The van der Waals surface area contributed by atoms with E-state index in [1.54, 1.807) is 11.1 Å². The molecule has 22 heavy (non-hydrogen) atoms. The number of aromatic nitrogens is 1. The third kappa shape index (κ3) is 3.55. The minimum atomic E-state index is -0.0527. The van der Waals surface area contributed by atoms with E-state index in [-0.39, 0.29) is 24.4 Å². The number of anilines is 1. The van der Waals surface area contributed by atoms with Crippen molar-refractivity contribution in [3.8, 4) is 0 Å². The molecule has 0 saturated carbocycles. The van der Waals surface area contributed by atoms with Crippen molar-refractivity contribution in [2.24, 2.45) is 0 Å². The number of nitrogens with one attached hydrogen (secondary N) is 1. The smallest absolute Gasteiger partial charge is 0.239 e. The number of nitrogens with zero attached hydrogens (tertiary/aromatic N) is 3. The molecule has 1 atom stereocenters. The molecule has 1 aromatic rings. The number of carbonyl (C=O) groups excluding carboxylic acids is 2. The van der Waals surface area contributed by atoms with Crippen molar-refractivity contribution in [3.05, 3.63) is 24.4 Å². The summed E-state index contributed by atoms with van der Waals surface area (Å²) in [4.78, 5) is 31.9. The van der Waals surface area contributed by atoms with Gasteiger partial charge in [-0.15, -0.1) is 0 Å². The highest BCUT2D eigenvalue weighted by Crippen LogP contribution is 2.17. The molecule has 0 spiro atoms. The molecule has 2 fully saturated rings. The Bertz CT molecular complexity index is 534. The minimum absolute atomic E-state index is 0.0527. The van der Waals surface area contributed by atoms with Crippen LogP contribution in [-0.4, -0.2) is 53.9 Å². The molecule has 118 valence electrons. The van der Waals surface area contributed by atoms with Gasteiger partial charge in [0, 0.05) is 38.3 Å². The van der Waals surface area contributed by atoms with Crippen LogP contribution in [0.25, 0.3) is 0 Å². The van der Waals surface area contributed by atoms with Gasteiger partial charge in [-0.05, 0) is 31.4 Å². The van der Waals surface area contributed by atoms with Crippen LogP contribution >= 0.6 is 0 Å². The maximum atomic E-state index is 12.1. The van der Waals surface area contributed by atoms with Gasteiger partial charge in [0.15, 0.2) is 0 Å². The molecular weight excluding hydrogens is 280 g/mol. The summed E-state index contributed by atoms with van der Waals surface area (Å²) in [5.74, 6) is 0.994. The Kier molecular flexibility index (Phi) is 4.56. The number of amides is 2. The van der Waals surface area contributed by atoms with Gasteiger partial charge in [0.05, 0.1) is 6.54 Å². The Morgan fingerprint density at radius 1 is 1.32 bits per heavy atom. The summed E-state index contributed by atoms with van der Waals surface area (Å²) in [5, 5.41) is 3.06. The molecule has 6 nitrogen and oxygen atoms in total. The van der Waals surface area contributed by atoms with Gasteiger partial charge in [0.2, 0.25) is 11.8 Å². The SMILES string of the molecule is O=C(CN1CCCC1=O)NC1CCCN(c2ccccn2)C1. The third-order valence-corrected chi connectivity index (χ3v) is 4.27. The molecular formula is C16H22N4O2. The first kappa shape index (κ1) is 14.8. The standard InChI is InChI=1S/C16H22N4O2/c21-15(12-20-10-4-7-16(20)22)18-13-5-3-9-19(11-13)14-6-1-2-8-17-14/h1-2,6,8,13H,3-5,7,9-12H2,(H,18,21). The summed E-state index contributed by atoms with van der Waals surface area (Å²) in [5.41, 5.74) is 0. The number of pyridine rings is 1. The summed E-state index contributed by atoms with van der Waals surface area (Å²) in [7, 11) is 0. The lowest BCUT2D eigenvalue weighted by atomic mass is 10.1. The van der Waals surface area contributed by atoms with Crippen LogP contribution in [0.1, 0.15) is 25.7 Å². The number of carbonyl (C=O) groups is 2. The summed E-state index contributed by atoms with van der Waals surface area (Å²) < 4.78 is 0. The first-order valence-electron chi connectivity index (χ1n) is 7.95. The highest BCUT2D eigenvalue weighted by molar-refractivity contribution is 5.86. The first-order valence-corrected chi connectivity index (χ1v) is 7.95. The number of rotatable bonds is 4. The molecule has 0 radical (unpaired) electrons. The summed E-state index contributed by atoms with van der Waals surface area (Å²) in [6.07, 6.45) is 5.23. The zero-order chi connectivity index (χ0) is 15.4. The van der Waals surface area contributed by atoms with E-state index in [1.807, 2.05) is 18.2 Å². The predicted molar refractivity (Wildman–Crippen MR) is 83.4 cm³/mol. The van der Waals surface area contributed by atoms with Crippen molar-refractivity contribution < 1.29 is 9.59 Å². The average Bonchev–Trinajstić information content (AvgIpc) is 2.93. The molecule has 2 aliphatic rings. The second-order valence-corrected chi connectivity index (χ2v) is 5.96. The fourth-order valence-corrected chi connectivity index (χ4v) is 3.16. The van der Waals surface area contributed by atoms with E-state index in [1.165, 1.54) is 0 Å². The van der Waals surface area contributed by atoms with Crippen LogP contribution in [0.3, 0.4) is 0 Å². The van der Waals surface area contributed by atoms with Crippen LogP contribution in [0, 0.1) is 0 Å². The van der Waals surface area contributed by atoms with Crippen LogP contribution in [0.4, 0.5) is 5.82 Å². The van der Waals surface area contributed by atoms with Crippen LogP contribution in [0.15, 0.2) is 24.4 Å². The Balaban J connectivity index is 1.52. The second-order valence-electron chi connectivity index (χ2n) is 5.96. The summed E-state index contributed by atoms with van der Waals surface area (Å²) >= 11 is 0.